The summed E-state index contributed by atoms with van der Waals surface area (Å²) >= 11 is 0. The van der Waals surface area contributed by atoms with Gasteiger partial charge >= 0.3 is 0 Å². The van der Waals surface area contributed by atoms with Crippen LogP contribution in [0.3, 0.4) is 0 Å². The lowest BCUT2D eigenvalue weighted by atomic mass is 9.50. The second-order valence-corrected chi connectivity index (χ2v) is 12.3. The normalized spacial score (nSPS) is 32.2. The minimum absolute atomic E-state index is 0.00903. The zero-order valence-corrected chi connectivity index (χ0v) is 19.3. The van der Waals surface area contributed by atoms with Crippen LogP contribution in [0.2, 0.25) is 0 Å². The molecule has 3 aromatic carbocycles. The van der Waals surface area contributed by atoms with Crippen LogP contribution >= 0.6 is 0 Å². The first-order chi connectivity index (χ1) is 15.7. The van der Waals surface area contributed by atoms with E-state index in [9.17, 15) is 0 Å². The Bertz CT molecular complexity index is 1090. The molecule has 0 saturated heterocycles. The Kier molecular flexibility index (Phi) is 4.21. The maximum atomic E-state index is 6.84. The third-order valence-corrected chi connectivity index (χ3v) is 10.8. The van der Waals surface area contributed by atoms with Gasteiger partial charge < -0.3 is 9.47 Å². The van der Waals surface area contributed by atoms with Crippen molar-refractivity contribution in [2.24, 2.45) is 23.7 Å². The fraction of sp³-hybridized carbons (Fsp3) is 0.379. The van der Waals surface area contributed by atoms with Crippen molar-refractivity contribution in [1.29, 1.82) is 0 Å². The molecule has 0 amide bonds. The number of ether oxygens (including phenoxy) is 2. The van der Waals surface area contributed by atoms with E-state index in [0.29, 0.717) is 0 Å². The predicted octanol–water partition coefficient (Wildman–Crippen LogP) is 7.48. The first-order valence-corrected chi connectivity index (χ1v) is 13.3. The maximum Gasteiger partial charge on any atom is 0.209 e. The molecule has 3 aromatic rings. The lowest BCUT2D eigenvalue weighted by Crippen LogP contribution is -2.59. The van der Waals surface area contributed by atoms with Crippen molar-refractivity contribution in [3.63, 3.8) is 0 Å². The molecular weight excluding hydrogens is 412 g/mol. The highest BCUT2D eigenvalue weighted by molar-refractivity contribution is 7.97. The highest BCUT2D eigenvalue weighted by Gasteiger charge is 2.56. The monoisotopic (exact) mass is 441 g/mol. The summed E-state index contributed by atoms with van der Waals surface area (Å²) in [7, 11) is -0.167. The van der Waals surface area contributed by atoms with E-state index in [1.807, 2.05) is 0 Å². The van der Waals surface area contributed by atoms with E-state index in [2.05, 4.69) is 79.7 Å². The zero-order chi connectivity index (χ0) is 21.3. The number of rotatable bonds is 3. The lowest BCUT2D eigenvalue weighted by Gasteiger charge is -2.59. The molecule has 4 aliphatic carbocycles. The van der Waals surface area contributed by atoms with Crippen LogP contribution in [0.15, 0.2) is 87.5 Å². The quantitative estimate of drug-likeness (QED) is 0.307. The summed E-state index contributed by atoms with van der Waals surface area (Å²) in [5.41, 5.74) is 0.00903. The number of para-hydroxylation sites is 2. The molecule has 4 saturated carbocycles. The van der Waals surface area contributed by atoms with Crippen LogP contribution < -0.4 is 9.47 Å². The average Bonchev–Trinajstić information content (AvgIpc) is 2.81. The topological polar surface area (TPSA) is 18.5 Å². The Labute approximate surface area is 193 Å². The maximum absolute atomic E-state index is 6.84. The lowest BCUT2D eigenvalue weighted by molar-refractivity contribution is -0.145. The molecule has 4 bridgehead atoms. The number of fused-ring (bicyclic) bond motifs is 2. The third kappa shape index (κ3) is 2.86. The fourth-order valence-corrected chi connectivity index (χ4v) is 9.29. The van der Waals surface area contributed by atoms with E-state index in [4.69, 9.17) is 9.47 Å². The minimum atomic E-state index is -0.167. The summed E-state index contributed by atoms with van der Waals surface area (Å²) in [6.45, 7) is 2.40. The smallest absolute Gasteiger partial charge is 0.209 e. The van der Waals surface area contributed by atoms with Gasteiger partial charge in [0.25, 0.3) is 0 Å². The Hall–Kier alpha value is -2.39. The molecule has 3 heteroatoms. The third-order valence-electron chi connectivity index (χ3n) is 8.51. The highest BCUT2D eigenvalue weighted by Crippen LogP contribution is 2.59. The first kappa shape index (κ1) is 19.1. The molecule has 0 N–H and O–H groups in total. The van der Waals surface area contributed by atoms with Gasteiger partial charge in [-0.25, -0.2) is 0 Å². The second-order valence-electron chi connectivity index (χ2n) is 10.4. The molecule has 5 aliphatic rings. The van der Waals surface area contributed by atoms with Gasteiger partial charge in [-0.15, -0.1) is 0 Å². The second kappa shape index (κ2) is 7.05. The Morgan fingerprint density at radius 1 is 0.719 bits per heavy atom. The molecule has 2 nitrogen and oxygen atoms in total. The van der Waals surface area contributed by atoms with Gasteiger partial charge in [0, 0.05) is 0 Å². The van der Waals surface area contributed by atoms with Gasteiger partial charge in [0.2, 0.25) is 9.79 Å². The molecule has 0 radical (unpaired) electrons. The molecule has 1 heterocycles. The molecule has 1 aliphatic heterocycles. The fourth-order valence-electron chi connectivity index (χ4n) is 7.08. The van der Waals surface area contributed by atoms with Crippen LogP contribution in [-0.4, -0.2) is 5.60 Å². The van der Waals surface area contributed by atoms with Crippen molar-refractivity contribution < 1.29 is 9.47 Å². The van der Waals surface area contributed by atoms with Crippen LogP contribution in [0.1, 0.15) is 39.0 Å². The summed E-state index contributed by atoms with van der Waals surface area (Å²) in [5, 5.41) is 0. The predicted molar refractivity (Wildman–Crippen MR) is 128 cm³/mol. The summed E-state index contributed by atoms with van der Waals surface area (Å²) < 4.78 is 13.0. The van der Waals surface area contributed by atoms with Crippen LogP contribution in [0.4, 0.5) is 0 Å². The van der Waals surface area contributed by atoms with E-state index in [1.54, 1.807) is 0 Å². The number of hydrogen-bond donors (Lipinski definition) is 0. The molecule has 8 rings (SSSR count). The van der Waals surface area contributed by atoms with Gasteiger partial charge in [-0.2, -0.15) is 0 Å². The minimum Gasteiger partial charge on any atom is -0.487 e. The number of hydrogen-bond acceptors (Lipinski definition) is 2. The van der Waals surface area contributed by atoms with Crippen LogP contribution in [-0.2, 0) is 10.9 Å². The summed E-state index contributed by atoms with van der Waals surface area (Å²) in [4.78, 5) is 3.83. The van der Waals surface area contributed by atoms with Crippen LogP contribution in [0.25, 0.3) is 0 Å². The van der Waals surface area contributed by atoms with E-state index in [1.165, 1.54) is 46.8 Å². The Morgan fingerprint density at radius 3 is 1.81 bits per heavy atom. The van der Waals surface area contributed by atoms with Crippen molar-refractivity contribution in [1.82, 2.24) is 0 Å². The van der Waals surface area contributed by atoms with Gasteiger partial charge in [-0.3, -0.25) is 0 Å². The van der Waals surface area contributed by atoms with Crippen LogP contribution in [0, 0.1) is 23.7 Å². The molecule has 0 atom stereocenters. The molecule has 32 heavy (non-hydrogen) atoms. The molecule has 0 aromatic heterocycles. The van der Waals surface area contributed by atoms with E-state index in [-0.39, 0.29) is 16.5 Å². The largest absolute Gasteiger partial charge is 0.487 e. The summed E-state index contributed by atoms with van der Waals surface area (Å²) in [6.07, 6.45) is 6.97. The molecule has 0 spiro atoms. The zero-order valence-electron chi connectivity index (χ0n) is 18.5. The van der Waals surface area contributed by atoms with Gasteiger partial charge in [0.15, 0.2) is 16.4 Å². The van der Waals surface area contributed by atoms with E-state index < -0.39 is 0 Å². The van der Waals surface area contributed by atoms with Gasteiger partial charge in [-0.05, 0) is 111 Å². The molecular formula is C29H29O2S+. The van der Waals surface area contributed by atoms with Crippen molar-refractivity contribution in [2.75, 3.05) is 0 Å². The van der Waals surface area contributed by atoms with Gasteiger partial charge in [0.05, 0.1) is 0 Å². The van der Waals surface area contributed by atoms with E-state index >= 15 is 0 Å². The van der Waals surface area contributed by atoms with Crippen molar-refractivity contribution >= 4 is 10.9 Å². The van der Waals surface area contributed by atoms with Crippen molar-refractivity contribution in [2.45, 2.75) is 59.3 Å². The molecule has 4 fully saturated rings. The highest BCUT2D eigenvalue weighted by atomic mass is 32.2. The van der Waals surface area contributed by atoms with Crippen molar-refractivity contribution in [3.05, 3.63) is 72.8 Å². The summed E-state index contributed by atoms with van der Waals surface area (Å²) in [6, 6.07) is 25.9. The SMILES string of the molecule is CC1(Oc2ccc([S+]3c4ccccc4Oc4ccccc43)cc2)C2CC3CC(C2)CC1C3. The van der Waals surface area contributed by atoms with E-state index in [0.717, 1.165) is 40.9 Å². The Morgan fingerprint density at radius 2 is 1.25 bits per heavy atom. The van der Waals surface area contributed by atoms with Gasteiger partial charge in [-0.1, -0.05) is 24.3 Å². The van der Waals surface area contributed by atoms with Gasteiger partial charge in [0.1, 0.15) is 22.2 Å². The Balaban J connectivity index is 1.21. The average molecular weight is 442 g/mol. The molecule has 0 unspecified atom stereocenters. The number of benzene rings is 3. The first-order valence-electron chi connectivity index (χ1n) is 12.1. The molecule has 162 valence electrons. The van der Waals surface area contributed by atoms with Crippen LogP contribution in [0.5, 0.6) is 17.2 Å². The summed E-state index contributed by atoms with van der Waals surface area (Å²) in [5.74, 6) is 6.36. The van der Waals surface area contributed by atoms with Crippen molar-refractivity contribution in [3.8, 4) is 17.2 Å². The standard InChI is InChI=1S/C29H29O2S/c1-29(21-15-19-14-20(17-21)18-22(29)16-19)31-23-10-12-24(13-11-23)32-27-8-4-2-6-25(27)30-26-7-3-5-9-28(26)32/h2-13,19-22H,14-18H2,1H3/q+1.